The Labute approximate surface area is 218 Å². The molecule has 1 atom stereocenters. The molecule has 2 aliphatic rings. The number of piperidine rings is 1. The molecule has 2 aromatic carbocycles. The maximum atomic E-state index is 13.1. The number of likely N-dealkylation sites (tertiary alicyclic amines) is 1. The first-order valence-electron chi connectivity index (χ1n) is 12.6. The van der Waals surface area contributed by atoms with Crippen LogP contribution in [0.5, 0.6) is 0 Å². The Kier molecular flexibility index (Phi) is 8.16. The molecule has 8 nitrogen and oxygen atoms in total. The lowest BCUT2D eigenvalue weighted by Crippen LogP contribution is -2.35. The fourth-order valence-corrected chi connectivity index (χ4v) is 6.42. The third-order valence-corrected chi connectivity index (χ3v) is 8.99. The van der Waals surface area contributed by atoms with E-state index in [1.807, 2.05) is 24.3 Å². The molecular formula is C28H34N2O6S. The highest BCUT2D eigenvalue weighted by molar-refractivity contribution is 7.89. The van der Waals surface area contributed by atoms with Crippen molar-refractivity contribution in [3.63, 3.8) is 0 Å². The molecular weight excluding hydrogens is 492 g/mol. The van der Waals surface area contributed by atoms with Gasteiger partial charge in [-0.1, -0.05) is 44.5 Å². The van der Waals surface area contributed by atoms with Crippen LogP contribution >= 0.6 is 0 Å². The zero-order chi connectivity index (χ0) is 26.7. The van der Waals surface area contributed by atoms with E-state index in [2.05, 4.69) is 13.8 Å². The normalized spacial score (nSPS) is 20.6. The summed E-state index contributed by atoms with van der Waals surface area (Å²) in [6.45, 7) is 5.55. The SMILES string of the molecule is COCCN1C(=O)C(=O)C(=C(O)c2ccc(S(=O)(=O)N3CCCCC3)cc2)[C@H]1c1ccc(C(C)C)cc1. The second-order valence-electron chi connectivity index (χ2n) is 9.80. The van der Waals surface area contributed by atoms with Crippen molar-refractivity contribution >= 4 is 27.5 Å². The van der Waals surface area contributed by atoms with Crippen molar-refractivity contribution in [1.82, 2.24) is 9.21 Å². The Balaban J connectivity index is 1.73. The first-order chi connectivity index (χ1) is 17.7. The Morgan fingerprint density at radius 2 is 1.62 bits per heavy atom. The second-order valence-corrected chi connectivity index (χ2v) is 11.7. The van der Waals surface area contributed by atoms with Gasteiger partial charge in [0.25, 0.3) is 11.7 Å². The zero-order valence-electron chi connectivity index (χ0n) is 21.5. The highest BCUT2D eigenvalue weighted by atomic mass is 32.2. The molecule has 0 aromatic heterocycles. The predicted octanol–water partition coefficient (Wildman–Crippen LogP) is 4.05. The lowest BCUT2D eigenvalue weighted by atomic mass is 9.93. The smallest absolute Gasteiger partial charge is 0.295 e. The molecule has 0 saturated carbocycles. The second kappa shape index (κ2) is 11.2. The minimum atomic E-state index is -3.63. The Bertz CT molecular complexity index is 1280. The molecule has 198 valence electrons. The number of aliphatic hydroxyl groups excluding tert-OH is 1. The summed E-state index contributed by atoms with van der Waals surface area (Å²) in [6.07, 6.45) is 2.68. The number of ether oxygens (including phenoxy) is 1. The number of ketones is 1. The molecule has 2 heterocycles. The number of aliphatic hydroxyl groups is 1. The topological polar surface area (TPSA) is 104 Å². The van der Waals surface area contributed by atoms with Crippen LogP contribution < -0.4 is 0 Å². The molecule has 4 rings (SSSR count). The zero-order valence-corrected chi connectivity index (χ0v) is 22.3. The van der Waals surface area contributed by atoms with Gasteiger partial charge in [-0.15, -0.1) is 0 Å². The molecule has 2 saturated heterocycles. The number of carbonyl (C=O) groups excluding carboxylic acids is 2. The van der Waals surface area contributed by atoms with Gasteiger partial charge in [-0.05, 0) is 54.2 Å². The summed E-state index contributed by atoms with van der Waals surface area (Å²) in [7, 11) is -2.12. The fourth-order valence-electron chi connectivity index (χ4n) is 4.90. The van der Waals surface area contributed by atoms with E-state index in [-0.39, 0.29) is 34.9 Å². The fraction of sp³-hybridized carbons (Fsp3) is 0.429. The number of carbonyl (C=O) groups is 2. The van der Waals surface area contributed by atoms with E-state index in [0.717, 1.165) is 24.8 Å². The Morgan fingerprint density at radius 3 is 2.19 bits per heavy atom. The number of benzene rings is 2. The summed E-state index contributed by atoms with van der Waals surface area (Å²) in [5.74, 6) is -1.51. The molecule has 2 aromatic rings. The highest BCUT2D eigenvalue weighted by Crippen LogP contribution is 2.39. The largest absolute Gasteiger partial charge is 0.507 e. The van der Waals surface area contributed by atoms with Crippen LogP contribution in [0.4, 0.5) is 0 Å². The van der Waals surface area contributed by atoms with Gasteiger partial charge in [-0.2, -0.15) is 4.31 Å². The molecule has 0 radical (unpaired) electrons. The molecule has 2 fully saturated rings. The molecule has 9 heteroatoms. The van der Waals surface area contributed by atoms with Crippen LogP contribution in [0.25, 0.3) is 5.76 Å². The number of nitrogens with zero attached hydrogens (tertiary/aromatic N) is 2. The molecule has 2 aliphatic heterocycles. The van der Waals surface area contributed by atoms with Gasteiger partial charge in [-0.25, -0.2) is 8.42 Å². The van der Waals surface area contributed by atoms with Crippen molar-refractivity contribution in [2.75, 3.05) is 33.4 Å². The molecule has 1 N–H and O–H groups in total. The highest BCUT2D eigenvalue weighted by Gasteiger charge is 2.45. The van der Waals surface area contributed by atoms with E-state index in [1.165, 1.54) is 40.6 Å². The third-order valence-electron chi connectivity index (χ3n) is 7.08. The van der Waals surface area contributed by atoms with Crippen molar-refractivity contribution in [3.8, 4) is 0 Å². The first kappa shape index (κ1) is 27.0. The summed E-state index contributed by atoms with van der Waals surface area (Å²) in [6, 6.07) is 12.7. The molecule has 0 aliphatic carbocycles. The van der Waals surface area contributed by atoms with Gasteiger partial charge in [0.2, 0.25) is 10.0 Å². The van der Waals surface area contributed by atoms with Crippen LogP contribution in [-0.4, -0.2) is 67.8 Å². The lowest BCUT2D eigenvalue weighted by Gasteiger charge is -2.26. The number of rotatable bonds is 8. The summed E-state index contributed by atoms with van der Waals surface area (Å²) in [5.41, 5.74) is 2.06. The van der Waals surface area contributed by atoms with E-state index in [4.69, 9.17) is 4.74 Å². The number of methoxy groups -OCH3 is 1. The number of Topliss-reactive ketones (excluding diaryl/α,β-unsaturated/α-hetero) is 1. The minimum Gasteiger partial charge on any atom is -0.507 e. The molecule has 0 spiro atoms. The standard InChI is InChI=1S/C28H34N2O6S/c1-19(2)20-7-9-21(10-8-20)25-24(27(32)28(33)30(25)17-18-36-3)26(31)22-11-13-23(14-12-22)37(34,35)29-15-5-4-6-16-29/h7-14,19,25,31H,4-6,15-18H2,1-3H3/t25-/m1/s1. The van der Waals surface area contributed by atoms with Crippen LogP contribution in [0.3, 0.4) is 0 Å². The number of sulfonamides is 1. The van der Waals surface area contributed by atoms with Gasteiger partial charge in [-0.3, -0.25) is 9.59 Å². The first-order valence-corrected chi connectivity index (χ1v) is 14.1. The summed E-state index contributed by atoms with van der Waals surface area (Å²) in [5, 5.41) is 11.3. The van der Waals surface area contributed by atoms with Gasteiger partial charge in [0.15, 0.2) is 0 Å². The summed E-state index contributed by atoms with van der Waals surface area (Å²) in [4.78, 5) is 27.6. The Hall–Kier alpha value is -3.01. The van der Waals surface area contributed by atoms with E-state index in [1.54, 1.807) is 0 Å². The van der Waals surface area contributed by atoms with Crippen molar-refractivity contribution in [1.29, 1.82) is 0 Å². The van der Waals surface area contributed by atoms with Gasteiger partial charge >= 0.3 is 0 Å². The van der Waals surface area contributed by atoms with Crippen LogP contribution in [0.1, 0.15) is 61.8 Å². The maximum absolute atomic E-state index is 13.1. The van der Waals surface area contributed by atoms with E-state index in [9.17, 15) is 23.1 Å². The predicted molar refractivity (Wildman–Crippen MR) is 140 cm³/mol. The lowest BCUT2D eigenvalue weighted by molar-refractivity contribution is -0.140. The molecule has 0 unspecified atom stereocenters. The van der Waals surface area contributed by atoms with E-state index in [0.29, 0.717) is 24.6 Å². The van der Waals surface area contributed by atoms with E-state index < -0.39 is 27.8 Å². The summed E-state index contributed by atoms with van der Waals surface area (Å²) >= 11 is 0. The van der Waals surface area contributed by atoms with Gasteiger partial charge < -0.3 is 14.7 Å². The molecule has 0 bridgehead atoms. The van der Waals surface area contributed by atoms with Gasteiger partial charge in [0.1, 0.15) is 5.76 Å². The van der Waals surface area contributed by atoms with Crippen LogP contribution in [0.15, 0.2) is 59.0 Å². The molecule has 37 heavy (non-hydrogen) atoms. The van der Waals surface area contributed by atoms with Crippen molar-refractivity contribution in [3.05, 3.63) is 70.8 Å². The van der Waals surface area contributed by atoms with Crippen LogP contribution in [0.2, 0.25) is 0 Å². The number of hydrogen-bond acceptors (Lipinski definition) is 6. The average molecular weight is 527 g/mol. The average Bonchev–Trinajstić information content (AvgIpc) is 3.17. The Morgan fingerprint density at radius 1 is 1.00 bits per heavy atom. The quantitative estimate of drug-likeness (QED) is 0.316. The van der Waals surface area contributed by atoms with Crippen LogP contribution in [-0.2, 0) is 24.3 Å². The summed E-state index contributed by atoms with van der Waals surface area (Å²) < 4.78 is 32.7. The van der Waals surface area contributed by atoms with E-state index >= 15 is 0 Å². The molecule has 1 amide bonds. The monoisotopic (exact) mass is 526 g/mol. The number of amides is 1. The maximum Gasteiger partial charge on any atom is 0.295 e. The van der Waals surface area contributed by atoms with Crippen molar-refractivity contribution in [2.24, 2.45) is 0 Å². The minimum absolute atomic E-state index is 0.0231. The van der Waals surface area contributed by atoms with Gasteiger partial charge in [0.05, 0.1) is 23.1 Å². The van der Waals surface area contributed by atoms with Gasteiger partial charge in [0, 0.05) is 32.3 Å². The van der Waals surface area contributed by atoms with Crippen molar-refractivity contribution in [2.45, 2.75) is 50.0 Å². The third kappa shape index (κ3) is 5.35. The van der Waals surface area contributed by atoms with Crippen LogP contribution in [0, 0.1) is 0 Å². The number of hydrogen-bond donors (Lipinski definition) is 1. The van der Waals surface area contributed by atoms with Crippen molar-refractivity contribution < 1.29 is 27.9 Å².